The molecule has 0 atom stereocenters. The summed E-state index contributed by atoms with van der Waals surface area (Å²) in [5.41, 5.74) is 14.7. The second kappa shape index (κ2) is 12.1. The Morgan fingerprint density at radius 2 is 1.26 bits per heavy atom. The van der Waals surface area contributed by atoms with Crippen molar-refractivity contribution < 1.29 is 9.30 Å². The highest BCUT2D eigenvalue weighted by Crippen LogP contribution is 2.63. The molecule has 0 bridgehead atoms. The Morgan fingerprint density at radius 3 is 1.97 bits per heavy atom. The van der Waals surface area contributed by atoms with Gasteiger partial charge in [0.05, 0.1) is 40.2 Å². The third-order valence-corrected chi connectivity index (χ3v) is 12.8. The lowest BCUT2D eigenvalue weighted by Gasteiger charge is -2.52. The molecule has 0 saturated heterocycles. The largest absolute Gasteiger partial charge is 0.458 e. The molecule has 0 unspecified atom stereocenters. The number of rotatable bonds is 5. The highest BCUT2D eigenvalue weighted by atomic mass is 16.5. The molecule has 58 heavy (non-hydrogen) atoms. The first-order valence-electron chi connectivity index (χ1n) is 19.9. The number of nitrogens with zero attached hydrogens (tertiary/aromatic N) is 6. The molecule has 0 N–H and O–H groups in total. The molecule has 0 radical (unpaired) electrons. The predicted octanol–water partition coefficient (Wildman–Crippen LogP) is 10.0. The van der Waals surface area contributed by atoms with E-state index < -0.39 is 5.41 Å². The zero-order valence-corrected chi connectivity index (χ0v) is 33.9. The number of benzene rings is 6. The van der Waals surface area contributed by atoms with Crippen LogP contribution in [-0.4, -0.2) is 42.3 Å². The van der Waals surface area contributed by atoms with Crippen molar-refractivity contribution in [1.82, 2.24) is 14.1 Å². The van der Waals surface area contributed by atoms with E-state index >= 15 is 0 Å². The van der Waals surface area contributed by atoms with Crippen LogP contribution in [0.1, 0.15) is 47.2 Å². The quantitative estimate of drug-likeness (QED) is 0.130. The fourth-order valence-corrected chi connectivity index (χ4v) is 10.3. The number of pyridine rings is 1. The van der Waals surface area contributed by atoms with Gasteiger partial charge in [-0.25, -0.2) is 4.98 Å². The number of fused-ring (bicyclic) bond motifs is 11. The maximum atomic E-state index is 6.92. The first kappa shape index (κ1) is 34.4. The summed E-state index contributed by atoms with van der Waals surface area (Å²) in [6.45, 7) is 4.77. The normalized spacial score (nSPS) is 14.4. The summed E-state index contributed by atoms with van der Waals surface area (Å²) in [5, 5.41) is 2.33. The maximum Gasteiger partial charge on any atom is 0.244 e. The Bertz CT molecular complexity index is 3090. The zero-order chi connectivity index (χ0) is 39.7. The Balaban J connectivity index is 1.20. The van der Waals surface area contributed by atoms with Gasteiger partial charge in [-0.3, -0.25) is 4.57 Å². The molecular weight excluding hydrogens is 713 g/mol. The van der Waals surface area contributed by atoms with E-state index in [4.69, 9.17) is 9.72 Å². The second-order valence-corrected chi connectivity index (χ2v) is 16.7. The molecule has 1 aliphatic heterocycles. The molecule has 0 fully saturated rings. The Morgan fingerprint density at radius 1 is 0.621 bits per heavy atom. The number of anilines is 2. The highest BCUT2D eigenvalue weighted by Gasteiger charge is 2.54. The summed E-state index contributed by atoms with van der Waals surface area (Å²) in [5.74, 6) is 2.38. The van der Waals surface area contributed by atoms with Crippen molar-refractivity contribution >= 4 is 44.2 Å². The van der Waals surface area contributed by atoms with Gasteiger partial charge >= 0.3 is 0 Å². The van der Waals surface area contributed by atoms with E-state index in [-0.39, 0.29) is 5.41 Å². The summed E-state index contributed by atoms with van der Waals surface area (Å²) >= 11 is 0. The van der Waals surface area contributed by atoms with E-state index in [0.29, 0.717) is 0 Å². The van der Waals surface area contributed by atoms with Gasteiger partial charge in [-0.2, -0.15) is 0 Å². The van der Waals surface area contributed by atoms with E-state index in [1.54, 1.807) is 0 Å². The van der Waals surface area contributed by atoms with E-state index in [1.807, 2.05) is 18.3 Å². The fourth-order valence-electron chi connectivity index (χ4n) is 10.3. The number of aromatic nitrogens is 4. The molecular formula is C51H44N6O. The van der Waals surface area contributed by atoms with E-state index in [1.165, 1.54) is 50.1 Å². The van der Waals surface area contributed by atoms with Crippen LogP contribution < -0.4 is 19.1 Å². The summed E-state index contributed by atoms with van der Waals surface area (Å²) in [4.78, 5) is 9.32. The molecule has 4 heterocycles. The molecule has 284 valence electrons. The molecule has 0 amide bonds. The number of aryl methyl sites for hydroxylation is 1. The van der Waals surface area contributed by atoms with Gasteiger partial charge in [0.2, 0.25) is 6.33 Å². The SMILES string of the molecule is CN(C)c1cccc2c1C1(c3ccc(Oc4ccc5c6ccccc6n(-c6ccccn6)c5c4)cc3-n3[c-][n+](C)c4cccc1c43)c1c(N(C)C)cccc1C2(C)C. The molecule has 1 spiro atoms. The van der Waals surface area contributed by atoms with Gasteiger partial charge in [-0.1, -0.05) is 86.6 Å². The molecule has 1 aliphatic carbocycles. The van der Waals surface area contributed by atoms with Crippen molar-refractivity contribution in [2.75, 3.05) is 38.0 Å². The summed E-state index contributed by atoms with van der Waals surface area (Å²) in [6, 6.07) is 48.1. The first-order valence-corrected chi connectivity index (χ1v) is 19.9. The van der Waals surface area contributed by atoms with Crippen LogP contribution in [0.5, 0.6) is 11.5 Å². The van der Waals surface area contributed by atoms with Gasteiger partial charge in [0.15, 0.2) is 0 Å². The van der Waals surface area contributed by atoms with Crippen LogP contribution in [-0.2, 0) is 17.9 Å². The number of ether oxygens (including phenoxy) is 1. The van der Waals surface area contributed by atoms with E-state index in [0.717, 1.165) is 50.5 Å². The van der Waals surface area contributed by atoms with Crippen molar-refractivity contribution in [1.29, 1.82) is 0 Å². The van der Waals surface area contributed by atoms with Crippen LogP contribution in [0.25, 0.3) is 44.3 Å². The molecule has 7 nitrogen and oxygen atoms in total. The van der Waals surface area contributed by atoms with Gasteiger partial charge in [-0.05, 0) is 88.0 Å². The van der Waals surface area contributed by atoms with Crippen LogP contribution in [0, 0.1) is 6.33 Å². The Labute approximate surface area is 338 Å². The monoisotopic (exact) mass is 756 g/mol. The molecule has 2 aliphatic rings. The molecule has 3 aromatic heterocycles. The second-order valence-electron chi connectivity index (χ2n) is 16.7. The minimum absolute atomic E-state index is 0.266. The lowest BCUT2D eigenvalue weighted by atomic mass is 9.52. The molecule has 6 aromatic carbocycles. The van der Waals surface area contributed by atoms with Crippen LogP contribution >= 0.6 is 0 Å². The van der Waals surface area contributed by atoms with Gasteiger partial charge in [0.25, 0.3) is 0 Å². The van der Waals surface area contributed by atoms with Gasteiger partial charge in [-0.15, -0.1) is 0 Å². The average Bonchev–Trinajstić information content (AvgIpc) is 3.75. The minimum Gasteiger partial charge on any atom is -0.458 e. The molecule has 0 saturated carbocycles. The number of para-hydroxylation sites is 2. The smallest absolute Gasteiger partial charge is 0.244 e. The Hall–Kier alpha value is -6.86. The summed E-state index contributed by atoms with van der Waals surface area (Å²) in [6.07, 6.45) is 5.56. The third kappa shape index (κ3) is 4.44. The minimum atomic E-state index is -0.674. The Kier molecular flexibility index (Phi) is 7.16. The first-order chi connectivity index (χ1) is 28.1. The summed E-state index contributed by atoms with van der Waals surface area (Å²) in [7, 11) is 10.8. The van der Waals surface area contributed by atoms with Crippen LogP contribution in [0.15, 0.2) is 140 Å². The topological polar surface area (TPSA) is 42.3 Å². The van der Waals surface area contributed by atoms with Gasteiger partial charge < -0.3 is 23.7 Å². The van der Waals surface area contributed by atoms with Crippen LogP contribution in [0.2, 0.25) is 0 Å². The third-order valence-electron chi connectivity index (χ3n) is 12.8. The van der Waals surface area contributed by atoms with Crippen molar-refractivity contribution in [3.8, 4) is 23.0 Å². The van der Waals surface area contributed by atoms with Crippen molar-refractivity contribution in [3.63, 3.8) is 0 Å². The molecule has 9 aromatic rings. The predicted molar refractivity (Wildman–Crippen MR) is 235 cm³/mol. The fraction of sp³-hybridized carbons (Fsp3) is 0.176. The average molecular weight is 757 g/mol. The number of imidazole rings is 1. The lowest BCUT2D eigenvalue weighted by Crippen LogP contribution is -2.45. The lowest BCUT2D eigenvalue weighted by molar-refractivity contribution is -0.649. The highest BCUT2D eigenvalue weighted by molar-refractivity contribution is 6.09. The van der Waals surface area contributed by atoms with Crippen LogP contribution in [0.4, 0.5) is 11.4 Å². The summed E-state index contributed by atoms with van der Waals surface area (Å²) < 4.78 is 13.5. The number of hydrogen-bond acceptors (Lipinski definition) is 4. The zero-order valence-electron chi connectivity index (χ0n) is 33.9. The van der Waals surface area contributed by atoms with Crippen molar-refractivity contribution in [2.45, 2.75) is 24.7 Å². The van der Waals surface area contributed by atoms with Crippen molar-refractivity contribution in [3.05, 3.63) is 179 Å². The van der Waals surface area contributed by atoms with Gasteiger partial charge in [0.1, 0.15) is 17.3 Å². The maximum absolute atomic E-state index is 6.92. The number of hydrogen-bond donors (Lipinski definition) is 0. The van der Waals surface area contributed by atoms with E-state index in [2.05, 4.69) is 200 Å². The standard InChI is InChI=1S/C51H44N6O/c1-50(2)37-16-12-20-41(53(3)4)47(37)51(48-38(50)17-13-21-42(48)54(5)6)36-27-25-33(30-45(36)56-31-55(7)43-22-14-18-39(51)49(43)56)58-32-24-26-35-34-15-8-9-19-40(34)57(44(35)29-32)46-23-10-11-28-52-46/h8-30H,1-7H3. The van der Waals surface area contributed by atoms with Crippen LogP contribution in [0.3, 0.4) is 0 Å². The van der Waals surface area contributed by atoms with Crippen molar-refractivity contribution in [2.24, 2.45) is 7.05 Å². The van der Waals surface area contributed by atoms with Gasteiger partial charge in [0, 0.05) is 68.0 Å². The van der Waals surface area contributed by atoms with E-state index in [9.17, 15) is 0 Å². The molecule has 7 heteroatoms. The molecule has 11 rings (SSSR count).